The summed E-state index contributed by atoms with van der Waals surface area (Å²) >= 11 is 7.51. The highest BCUT2D eigenvalue weighted by molar-refractivity contribution is 7.17. The van der Waals surface area contributed by atoms with Crippen LogP contribution in [0.5, 0.6) is 0 Å². The molecule has 0 fully saturated rings. The smallest absolute Gasteiger partial charge is 0.328 e. The number of carbonyl (C=O) groups is 2. The molecule has 28 heavy (non-hydrogen) atoms. The second-order valence-corrected chi connectivity index (χ2v) is 7.89. The number of rotatable bonds is 3. The van der Waals surface area contributed by atoms with Gasteiger partial charge in [0.1, 0.15) is 15.9 Å². The van der Waals surface area contributed by atoms with E-state index in [9.17, 15) is 9.59 Å². The van der Waals surface area contributed by atoms with Crippen molar-refractivity contribution in [3.05, 3.63) is 75.8 Å². The van der Waals surface area contributed by atoms with E-state index >= 15 is 0 Å². The molecule has 0 spiro atoms. The predicted octanol–water partition coefficient (Wildman–Crippen LogP) is 4.20. The van der Waals surface area contributed by atoms with E-state index in [4.69, 9.17) is 16.3 Å². The van der Waals surface area contributed by atoms with E-state index in [2.05, 4.69) is 4.98 Å². The van der Waals surface area contributed by atoms with Gasteiger partial charge >= 0.3 is 5.97 Å². The molecule has 0 bridgehead atoms. The van der Waals surface area contributed by atoms with E-state index in [1.165, 1.54) is 18.4 Å². The van der Waals surface area contributed by atoms with Gasteiger partial charge in [0.2, 0.25) is 0 Å². The van der Waals surface area contributed by atoms with E-state index in [1.807, 2.05) is 42.5 Å². The summed E-state index contributed by atoms with van der Waals surface area (Å²) in [5.41, 5.74) is 2.87. The van der Waals surface area contributed by atoms with Gasteiger partial charge < -0.3 is 9.64 Å². The van der Waals surface area contributed by atoms with E-state index in [1.54, 1.807) is 17.2 Å². The van der Waals surface area contributed by atoms with E-state index in [0.717, 1.165) is 16.7 Å². The zero-order chi connectivity index (χ0) is 19.7. The summed E-state index contributed by atoms with van der Waals surface area (Å²) in [7, 11) is 1.34. The van der Waals surface area contributed by atoms with Crippen molar-refractivity contribution < 1.29 is 14.3 Å². The van der Waals surface area contributed by atoms with E-state index < -0.39 is 12.0 Å². The zero-order valence-corrected chi connectivity index (χ0v) is 16.7. The Hall–Kier alpha value is -2.70. The average molecular weight is 413 g/mol. The molecule has 1 amide bonds. The van der Waals surface area contributed by atoms with Crippen LogP contribution in [0, 0.1) is 0 Å². The maximum Gasteiger partial charge on any atom is 0.328 e. The minimum absolute atomic E-state index is 0.235. The van der Waals surface area contributed by atoms with Gasteiger partial charge in [-0.3, -0.25) is 4.79 Å². The third-order valence-electron chi connectivity index (χ3n) is 4.80. The molecular formula is C21H17ClN2O3S. The number of carbonyl (C=O) groups excluding carboxylic acids is 2. The lowest BCUT2D eigenvalue weighted by Crippen LogP contribution is -2.49. The van der Waals surface area contributed by atoms with Crippen LogP contribution in [-0.4, -0.2) is 34.9 Å². The summed E-state index contributed by atoms with van der Waals surface area (Å²) < 4.78 is 4.95. The maximum absolute atomic E-state index is 13.2. The molecule has 2 aromatic carbocycles. The largest absolute Gasteiger partial charge is 0.467 e. The van der Waals surface area contributed by atoms with Crippen molar-refractivity contribution in [1.29, 1.82) is 0 Å². The summed E-state index contributed by atoms with van der Waals surface area (Å²) in [6.45, 7) is 0.355. The van der Waals surface area contributed by atoms with Gasteiger partial charge in [-0.1, -0.05) is 54.1 Å². The van der Waals surface area contributed by atoms with Crippen LogP contribution in [0.25, 0.3) is 10.6 Å². The highest BCUT2D eigenvalue weighted by Crippen LogP contribution is 2.33. The Kier molecular flexibility index (Phi) is 5.15. The molecule has 4 rings (SSSR count). The lowest BCUT2D eigenvalue weighted by atomic mass is 9.94. The first-order valence-corrected chi connectivity index (χ1v) is 9.94. The Labute approximate surface area is 171 Å². The van der Waals surface area contributed by atoms with Crippen LogP contribution in [0.1, 0.15) is 20.8 Å². The number of aromatic nitrogens is 1. The quantitative estimate of drug-likeness (QED) is 0.605. The van der Waals surface area contributed by atoms with Crippen LogP contribution in [0.15, 0.2) is 54.7 Å². The van der Waals surface area contributed by atoms with Gasteiger partial charge in [-0.25, -0.2) is 9.78 Å². The van der Waals surface area contributed by atoms with Crippen molar-refractivity contribution in [2.75, 3.05) is 7.11 Å². The molecule has 1 aliphatic heterocycles. The maximum atomic E-state index is 13.2. The van der Waals surface area contributed by atoms with Gasteiger partial charge in [0, 0.05) is 18.5 Å². The molecule has 1 aromatic heterocycles. The average Bonchev–Trinajstić information content (AvgIpc) is 3.22. The topological polar surface area (TPSA) is 59.5 Å². The fourth-order valence-electron chi connectivity index (χ4n) is 3.36. The number of hydrogen-bond acceptors (Lipinski definition) is 5. The van der Waals surface area contributed by atoms with Crippen molar-refractivity contribution in [3.63, 3.8) is 0 Å². The summed E-state index contributed by atoms with van der Waals surface area (Å²) in [6.07, 6.45) is 1.98. The minimum atomic E-state index is -0.654. The van der Waals surface area contributed by atoms with Crippen molar-refractivity contribution in [3.8, 4) is 10.6 Å². The number of fused-ring (bicyclic) bond motifs is 1. The first-order chi connectivity index (χ1) is 13.6. The molecule has 7 heteroatoms. The molecule has 0 saturated heterocycles. The molecule has 1 aliphatic rings. The van der Waals surface area contributed by atoms with Gasteiger partial charge in [-0.2, -0.15) is 0 Å². The van der Waals surface area contributed by atoms with E-state index in [-0.39, 0.29) is 5.91 Å². The molecule has 142 valence electrons. The molecular weight excluding hydrogens is 396 g/mol. The normalized spacial score (nSPS) is 15.8. The van der Waals surface area contributed by atoms with Gasteiger partial charge in [-0.15, -0.1) is 11.3 Å². The highest BCUT2D eigenvalue weighted by Gasteiger charge is 2.36. The van der Waals surface area contributed by atoms with Crippen molar-refractivity contribution in [1.82, 2.24) is 9.88 Å². The fourth-order valence-corrected chi connectivity index (χ4v) is 4.55. The number of methoxy groups -OCH3 is 1. The Morgan fingerprint density at radius 3 is 2.61 bits per heavy atom. The number of thiazole rings is 1. The van der Waals surface area contributed by atoms with Gasteiger partial charge in [0.15, 0.2) is 0 Å². The van der Waals surface area contributed by atoms with Gasteiger partial charge in [0.05, 0.1) is 18.3 Å². The number of esters is 1. The van der Waals surface area contributed by atoms with Gasteiger partial charge in [-0.05, 0) is 17.2 Å². The molecule has 0 N–H and O–H groups in total. The molecule has 0 saturated carbocycles. The third kappa shape index (κ3) is 3.41. The monoisotopic (exact) mass is 412 g/mol. The summed E-state index contributed by atoms with van der Waals surface area (Å²) in [6, 6.07) is 14.5. The fraction of sp³-hybridized carbons (Fsp3) is 0.190. The minimum Gasteiger partial charge on any atom is -0.467 e. The number of amides is 1. The molecule has 1 unspecified atom stereocenters. The number of nitrogens with zero attached hydrogens (tertiary/aromatic N) is 2. The number of benzene rings is 2. The number of halogens is 1. The summed E-state index contributed by atoms with van der Waals surface area (Å²) in [5.74, 6) is -0.653. The molecule has 2 heterocycles. The Morgan fingerprint density at radius 1 is 1.14 bits per heavy atom. The van der Waals surface area contributed by atoms with Crippen LogP contribution >= 0.6 is 22.9 Å². The first-order valence-electron chi connectivity index (χ1n) is 8.75. The van der Waals surface area contributed by atoms with Gasteiger partial charge in [0.25, 0.3) is 5.91 Å². The Balaban J connectivity index is 1.66. The number of hydrogen-bond donors (Lipinski definition) is 0. The highest BCUT2D eigenvalue weighted by atomic mass is 35.5. The van der Waals surface area contributed by atoms with Crippen molar-refractivity contribution in [2.24, 2.45) is 0 Å². The van der Waals surface area contributed by atoms with Crippen LogP contribution < -0.4 is 0 Å². The number of ether oxygens (including phenoxy) is 1. The standard InChI is InChI=1S/C21H17ClN2O3S/c1-27-21(26)17-10-13-6-2-3-7-14(13)12-24(17)20(25)18-11-23-19(28-18)15-8-4-5-9-16(15)22/h2-9,11,17H,10,12H2,1H3. The second-order valence-electron chi connectivity index (χ2n) is 6.45. The molecule has 0 radical (unpaired) electrons. The second kappa shape index (κ2) is 7.73. The SMILES string of the molecule is COC(=O)C1Cc2ccccc2CN1C(=O)c1cnc(-c2ccccc2Cl)s1. The molecule has 3 aromatic rings. The predicted molar refractivity (Wildman–Crippen MR) is 108 cm³/mol. The lowest BCUT2D eigenvalue weighted by Gasteiger charge is -2.34. The zero-order valence-electron chi connectivity index (χ0n) is 15.1. The molecule has 5 nitrogen and oxygen atoms in total. The van der Waals surface area contributed by atoms with Crippen LogP contribution in [0.4, 0.5) is 0 Å². The molecule has 0 aliphatic carbocycles. The Bertz CT molecular complexity index is 1050. The van der Waals surface area contributed by atoms with Crippen LogP contribution in [0.3, 0.4) is 0 Å². The van der Waals surface area contributed by atoms with Crippen LogP contribution in [0.2, 0.25) is 5.02 Å². The molecule has 1 atom stereocenters. The lowest BCUT2D eigenvalue weighted by molar-refractivity contribution is -0.146. The van der Waals surface area contributed by atoms with E-state index in [0.29, 0.717) is 27.9 Å². The van der Waals surface area contributed by atoms with Crippen molar-refractivity contribution >= 4 is 34.8 Å². The summed E-state index contributed by atoms with van der Waals surface area (Å²) in [4.78, 5) is 32.0. The van der Waals surface area contributed by atoms with Crippen LogP contribution in [-0.2, 0) is 22.5 Å². The first kappa shape index (κ1) is 18.7. The van der Waals surface area contributed by atoms with Crippen molar-refractivity contribution in [2.45, 2.75) is 19.0 Å². The summed E-state index contributed by atoms with van der Waals surface area (Å²) in [5, 5.41) is 1.25. The third-order valence-corrected chi connectivity index (χ3v) is 6.15. The Morgan fingerprint density at radius 2 is 1.86 bits per heavy atom.